The van der Waals surface area contributed by atoms with Gasteiger partial charge < -0.3 is 9.16 Å². The van der Waals surface area contributed by atoms with Gasteiger partial charge in [0.15, 0.2) is 8.32 Å². The van der Waals surface area contributed by atoms with Crippen molar-refractivity contribution in [2.75, 3.05) is 0 Å². The van der Waals surface area contributed by atoms with Gasteiger partial charge in [-0.15, -0.1) is 0 Å². The number of nitrogens with zero attached hydrogens (tertiary/aromatic N) is 1. The minimum Gasteiger partial charge on any atom is -0.490 e. The van der Waals surface area contributed by atoms with Crippen molar-refractivity contribution in [3.8, 4) is 11.8 Å². The first kappa shape index (κ1) is 28.2. The van der Waals surface area contributed by atoms with Gasteiger partial charge in [0, 0.05) is 9.81 Å². The van der Waals surface area contributed by atoms with E-state index >= 15 is 0 Å². The van der Waals surface area contributed by atoms with Gasteiger partial charge in [-0.3, -0.25) is 0 Å². The molecule has 0 saturated heterocycles. The van der Waals surface area contributed by atoms with Crippen molar-refractivity contribution in [1.82, 2.24) is 0 Å². The van der Waals surface area contributed by atoms with Crippen LogP contribution in [0, 0.1) is 11.3 Å². The zero-order valence-corrected chi connectivity index (χ0v) is 24.3. The molecule has 0 heterocycles. The van der Waals surface area contributed by atoms with Gasteiger partial charge in [0.1, 0.15) is 11.8 Å². The van der Waals surface area contributed by atoms with Crippen molar-refractivity contribution in [2.24, 2.45) is 0 Å². The molecule has 1 atom stereocenters. The minimum absolute atomic E-state index is 0.0150. The van der Waals surface area contributed by atoms with Crippen LogP contribution in [0.25, 0.3) is 4.91 Å². The fourth-order valence-electron chi connectivity index (χ4n) is 3.79. The molecule has 0 N–H and O–H groups in total. The molecular formula is C29H41NO2SSi. The van der Waals surface area contributed by atoms with E-state index in [0.717, 1.165) is 28.2 Å². The maximum Gasteiger partial charge on any atom is 0.192 e. The Kier molecular flexibility index (Phi) is 9.27. The third kappa shape index (κ3) is 6.56. The zero-order valence-electron chi connectivity index (χ0n) is 22.5. The summed E-state index contributed by atoms with van der Waals surface area (Å²) < 4.78 is 12.5. The van der Waals surface area contributed by atoms with Crippen molar-refractivity contribution < 1.29 is 9.16 Å². The average Bonchev–Trinajstić information content (AvgIpc) is 3.13. The molecular weight excluding hydrogens is 454 g/mol. The Morgan fingerprint density at radius 1 is 1.26 bits per heavy atom. The van der Waals surface area contributed by atoms with Crippen molar-refractivity contribution in [3.05, 3.63) is 70.2 Å². The molecule has 0 aliphatic heterocycles. The molecule has 34 heavy (non-hydrogen) atoms. The quantitative estimate of drug-likeness (QED) is 0.337. The Morgan fingerprint density at radius 3 is 2.44 bits per heavy atom. The third-order valence-electron chi connectivity index (χ3n) is 6.81. The van der Waals surface area contributed by atoms with Gasteiger partial charge in [0.05, 0.1) is 17.8 Å². The first-order valence-corrected chi connectivity index (χ1v) is 15.8. The van der Waals surface area contributed by atoms with Crippen LogP contribution in [0.4, 0.5) is 0 Å². The summed E-state index contributed by atoms with van der Waals surface area (Å²) in [6.45, 7) is 28.3. The van der Waals surface area contributed by atoms with Crippen LogP contribution < -0.4 is 4.74 Å². The summed E-state index contributed by atoms with van der Waals surface area (Å²) in [7, 11) is -1.86. The monoisotopic (exact) mass is 495 g/mol. The van der Waals surface area contributed by atoms with Crippen LogP contribution in [-0.4, -0.2) is 20.5 Å². The van der Waals surface area contributed by atoms with Gasteiger partial charge in [-0.1, -0.05) is 57.8 Å². The first-order valence-electron chi connectivity index (χ1n) is 12.0. The summed E-state index contributed by atoms with van der Waals surface area (Å²) in [6, 6.07) is 7.90. The van der Waals surface area contributed by atoms with E-state index in [-0.39, 0.29) is 17.2 Å². The number of ether oxygens (including phenoxy) is 1. The molecule has 5 heteroatoms. The SMILES string of the molecule is C=C(SC(=C)c1ccc(OC(C)C)c(C#N)c1)/C(C)=C1\CCC(O[Si](C)(C)C(C)(C)C)\C1=C\C. The van der Waals surface area contributed by atoms with E-state index in [1.807, 2.05) is 32.0 Å². The number of benzene rings is 1. The van der Waals surface area contributed by atoms with E-state index < -0.39 is 8.32 Å². The molecule has 3 nitrogen and oxygen atoms in total. The predicted octanol–water partition coefficient (Wildman–Crippen LogP) is 9.01. The Hall–Kier alpha value is -2.00. The summed E-state index contributed by atoms with van der Waals surface area (Å²) in [5.41, 5.74) is 5.27. The molecule has 0 amide bonds. The molecule has 0 radical (unpaired) electrons. The molecule has 1 aliphatic rings. The lowest BCUT2D eigenvalue weighted by atomic mass is 10.0. The van der Waals surface area contributed by atoms with E-state index in [1.165, 1.54) is 16.7 Å². The number of hydrogen-bond acceptors (Lipinski definition) is 4. The Balaban J connectivity index is 2.21. The second kappa shape index (κ2) is 11.2. The Labute approximate surface area is 212 Å². The number of thioether (sulfide) groups is 1. The molecule has 0 aromatic heterocycles. The summed E-state index contributed by atoms with van der Waals surface area (Å²) in [5.74, 6) is 0.604. The smallest absolute Gasteiger partial charge is 0.192 e. The van der Waals surface area contributed by atoms with Gasteiger partial charge in [-0.05, 0) is 93.1 Å². The van der Waals surface area contributed by atoms with Crippen molar-refractivity contribution in [2.45, 2.75) is 91.6 Å². The number of hydrogen-bond donors (Lipinski definition) is 0. The lowest BCUT2D eigenvalue weighted by Crippen LogP contribution is -2.43. The average molecular weight is 496 g/mol. The Bertz CT molecular complexity index is 1050. The fraction of sp³-hybridized carbons (Fsp3) is 0.483. The summed E-state index contributed by atoms with van der Waals surface area (Å²) in [6.07, 6.45) is 4.39. The van der Waals surface area contributed by atoms with Gasteiger partial charge >= 0.3 is 0 Å². The number of rotatable bonds is 8. The largest absolute Gasteiger partial charge is 0.490 e. The van der Waals surface area contributed by atoms with E-state index in [1.54, 1.807) is 11.8 Å². The highest BCUT2D eigenvalue weighted by Crippen LogP contribution is 2.45. The van der Waals surface area contributed by atoms with Crippen LogP contribution in [0.1, 0.15) is 72.4 Å². The molecule has 1 aliphatic carbocycles. The molecule has 0 spiro atoms. The van der Waals surface area contributed by atoms with Crippen LogP contribution in [0.5, 0.6) is 5.75 Å². The molecule has 1 aromatic carbocycles. The second-order valence-corrected chi connectivity index (χ2v) is 16.6. The maximum absolute atomic E-state index is 9.56. The van der Waals surface area contributed by atoms with Crippen LogP contribution in [-0.2, 0) is 4.43 Å². The van der Waals surface area contributed by atoms with Gasteiger partial charge in [-0.25, -0.2) is 0 Å². The number of nitriles is 1. The van der Waals surface area contributed by atoms with Gasteiger partial charge in [0.2, 0.25) is 0 Å². The standard InChI is InChI=1S/C29H41NO2SSi/c1-12-25-26(14-16-28(25)32-34(10,11)29(7,8)9)20(4)21(5)33-22(6)23-13-15-27(31-19(2)3)24(17-23)18-30/h12-13,15,17,19,28H,5-6,14,16H2,1-4,7-11H3/b25-12+,26-20+. The van der Waals surface area contributed by atoms with Gasteiger partial charge in [-0.2, -0.15) is 5.26 Å². The first-order chi connectivity index (χ1) is 15.7. The molecule has 1 saturated carbocycles. The van der Waals surface area contributed by atoms with Crippen molar-refractivity contribution in [3.63, 3.8) is 0 Å². The van der Waals surface area contributed by atoms with E-state index in [0.29, 0.717) is 11.3 Å². The Morgan fingerprint density at radius 2 is 1.91 bits per heavy atom. The highest BCUT2D eigenvalue weighted by atomic mass is 32.2. The van der Waals surface area contributed by atoms with Crippen molar-refractivity contribution >= 4 is 25.0 Å². The summed E-state index contributed by atoms with van der Waals surface area (Å²) in [5, 5.41) is 9.74. The third-order valence-corrected chi connectivity index (χ3v) is 12.3. The van der Waals surface area contributed by atoms with E-state index in [4.69, 9.17) is 9.16 Å². The van der Waals surface area contributed by atoms with Crippen LogP contribution >= 0.6 is 11.8 Å². The van der Waals surface area contributed by atoms with Crippen molar-refractivity contribution in [1.29, 1.82) is 5.26 Å². The lowest BCUT2D eigenvalue weighted by molar-refractivity contribution is 0.220. The maximum atomic E-state index is 9.56. The highest BCUT2D eigenvalue weighted by Gasteiger charge is 2.41. The summed E-state index contributed by atoms with van der Waals surface area (Å²) >= 11 is 1.56. The lowest BCUT2D eigenvalue weighted by Gasteiger charge is -2.38. The van der Waals surface area contributed by atoms with Crippen LogP contribution in [0.3, 0.4) is 0 Å². The molecule has 2 rings (SSSR count). The minimum atomic E-state index is -1.86. The molecule has 1 unspecified atom stereocenters. The van der Waals surface area contributed by atoms with Crippen LogP contribution in [0.15, 0.2) is 59.1 Å². The molecule has 184 valence electrons. The van der Waals surface area contributed by atoms with E-state index in [2.05, 4.69) is 73.0 Å². The molecule has 1 fully saturated rings. The van der Waals surface area contributed by atoms with Crippen LogP contribution in [0.2, 0.25) is 18.1 Å². The predicted molar refractivity (Wildman–Crippen MR) is 150 cm³/mol. The molecule has 0 bridgehead atoms. The topological polar surface area (TPSA) is 42.2 Å². The summed E-state index contributed by atoms with van der Waals surface area (Å²) in [4.78, 5) is 1.85. The zero-order chi connectivity index (χ0) is 25.8. The second-order valence-electron chi connectivity index (χ2n) is 10.7. The van der Waals surface area contributed by atoms with Gasteiger partial charge in [0.25, 0.3) is 0 Å². The fourth-order valence-corrected chi connectivity index (χ4v) is 5.92. The normalized spacial score (nSPS) is 19.3. The molecule has 1 aromatic rings. The van der Waals surface area contributed by atoms with E-state index in [9.17, 15) is 5.26 Å². The number of allylic oxidation sites excluding steroid dienone is 2. The highest BCUT2D eigenvalue weighted by molar-refractivity contribution is 8.11.